The average Bonchev–Trinajstić information content (AvgIpc) is 3.01. The first kappa shape index (κ1) is 22.6. The third kappa shape index (κ3) is 5.35. The molecule has 7 nitrogen and oxygen atoms in total. The van der Waals surface area contributed by atoms with E-state index in [0.29, 0.717) is 28.0 Å². The molecule has 9 heteroatoms. The van der Waals surface area contributed by atoms with Gasteiger partial charge in [0.2, 0.25) is 10.0 Å². The van der Waals surface area contributed by atoms with Gasteiger partial charge in [-0.3, -0.25) is 4.31 Å². The average molecular weight is 449 g/mol. The molecule has 0 radical (unpaired) electrons. The van der Waals surface area contributed by atoms with Gasteiger partial charge in [0, 0.05) is 12.4 Å². The summed E-state index contributed by atoms with van der Waals surface area (Å²) in [5.41, 5.74) is 0.652. The molecule has 0 aliphatic carbocycles. The van der Waals surface area contributed by atoms with Gasteiger partial charge in [-0.25, -0.2) is 22.2 Å². The minimum Gasteiger partial charge on any atom is -0.487 e. The van der Waals surface area contributed by atoms with Crippen LogP contribution in [0.3, 0.4) is 0 Å². The number of halogens is 1. The Hall–Kier alpha value is -3.07. The Bertz CT molecular complexity index is 1210. The van der Waals surface area contributed by atoms with E-state index in [-0.39, 0.29) is 6.61 Å². The maximum Gasteiger partial charge on any atom is 0.419 e. The lowest BCUT2D eigenvalue weighted by Crippen LogP contribution is -2.28. The minimum atomic E-state index is -3.37. The van der Waals surface area contributed by atoms with Gasteiger partial charge in [-0.1, -0.05) is 0 Å². The summed E-state index contributed by atoms with van der Waals surface area (Å²) in [7, 11) is -1.90. The molecule has 3 aromatic rings. The number of benzene rings is 2. The van der Waals surface area contributed by atoms with Crippen LogP contribution in [-0.2, 0) is 21.4 Å². The molecular weight excluding hydrogens is 423 g/mol. The van der Waals surface area contributed by atoms with Crippen LogP contribution in [0.4, 0.5) is 14.9 Å². The molecule has 1 aromatic heterocycles. The summed E-state index contributed by atoms with van der Waals surface area (Å²) in [6.07, 6.45) is 0.493. The predicted molar refractivity (Wildman–Crippen MR) is 118 cm³/mol. The van der Waals surface area contributed by atoms with E-state index in [1.807, 2.05) is 0 Å². The topological polar surface area (TPSA) is 77.8 Å². The zero-order chi connectivity index (χ0) is 23.0. The van der Waals surface area contributed by atoms with Crippen molar-refractivity contribution < 1.29 is 27.1 Å². The molecule has 0 unspecified atom stereocenters. The third-order valence-corrected chi connectivity index (χ3v) is 5.71. The van der Waals surface area contributed by atoms with Gasteiger partial charge < -0.3 is 9.47 Å². The van der Waals surface area contributed by atoms with E-state index in [0.717, 1.165) is 10.6 Å². The van der Waals surface area contributed by atoms with Gasteiger partial charge >= 0.3 is 6.09 Å². The number of hydrogen-bond donors (Lipinski definition) is 0. The van der Waals surface area contributed by atoms with E-state index in [9.17, 15) is 17.6 Å². The number of aromatic nitrogens is 1. The minimum absolute atomic E-state index is 0.0246. The van der Waals surface area contributed by atoms with Crippen LogP contribution in [0.25, 0.3) is 10.9 Å². The number of ether oxygens (including phenoxy) is 2. The highest BCUT2D eigenvalue weighted by Gasteiger charge is 2.23. The summed E-state index contributed by atoms with van der Waals surface area (Å²) in [6, 6.07) is 12.4. The smallest absolute Gasteiger partial charge is 0.419 e. The normalized spacial score (nSPS) is 12.1. The maximum absolute atomic E-state index is 13.8. The zero-order valence-electron chi connectivity index (χ0n) is 18.0. The fourth-order valence-electron chi connectivity index (χ4n) is 2.96. The number of fused-ring (bicyclic) bond motifs is 1. The zero-order valence-corrected chi connectivity index (χ0v) is 18.9. The summed E-state index contributed by atoms with van der Waals surface area (Å²) in [4.78, 5) is 12.8. The fraction of sp³-hybridized carbons (Fsp3) is 0.318. The van der Waals surface area contributed by atoms with Crippen molar-refractivity contribution in [2.45, 2.75) is 33.0 Å². The molecular formula is C22H25FN2O5S. The number of sulfonamides is 1. The fourth-order valence-corrected chi connectivity index (χ4v) is 3.47. The molecule has 0 saturated heterocycles. The number of hydrogen-bond acceptors (Lipinski definition) is 5. The Kier molecular flexibility index (Phi) is 6.00. The number of nitrogens with zero attached hydrogens (tertiary/aromatic N) is 2. The van der Waals surface area contributed by atoms with Gasteiger partial charge in [-0.15, -0.1) is 0 Å². The van der Waals surface area contributed by atoms with E-state index in [4.69, 9.17) is 9.47 Å². The van der Waals surface area contributed by atoms with Crippen LogP contribution in [0.15, 0.2) is 48.5 Å². The van der Waals surface area contributed by atoms with Crippen LogP contribution >= 0.6 is 0 Å². The molecule has 0 N–H and O–H groups in total. The summed E-state index contributed by atoms with van der Waals surface area (Å²) in [5, 5.41) is 0.677. The molecule has 166 valence electrons. The molecule has 3 rings (SSSR count). The van der Waals surface area contributed by atoms with E-state index >= 15 is 0 Å². The highest BCUT2D eigenvalue weighted by Crippen LogP contribution is 2.25. The van der Waals surface area contributed by atoms with Crippen LogP contribution in [0.5, 0.6) is 5.75 Å². The largest absolute Gasteiger partial charge is 0.487 e. The van der Waals surface area contributed by atoms with Crippen LogP contribution in [0.2, 0.25) is 0 Å². The van der Waals surface area contributed by atoms with Crippen molar-refractivity contribution >= 4 is 32.7 Å². The van der Waals surface area contributed by atoms with Crippen molar-refractivity contribution in [3.05, 3.63) is 60.0 Å². The van der Waals surface area contributed by atoms with Gasteiger partial charge in [0.15, 0.2) is 0 Å². The Morgan fingerprint density at radius 2 is 1.74 bits per heavy atom. The molecule has 0 amide bonds. The number of rotatable bonds is 5. The van der Waals surface area contributed by atoms with Crippen molar-refractivity contribution in [3.63, 3.8) is 0 Å². The van der Waals surface area contributed by atoms with E-state index in [1.54, 1.807) is 57.2 Å². The molecule has 2 aromatic carbocycles. The molecule has 0 atom stereocenters. The van der Waals surface area contributed by atoms with Crippen LogP contribution < -0.4 is 9.04 Å². The van der Waals surface area contributed by atoms with Crippen LogP contribution in [-0.4, -0.2) is 38.0 Å². The Morgan fingerprint density at radius 3 is 2.32 bits per heavy atom. The molecule has 31 heavy (non-hydrogen) atoms. The van der Waals surface area contributed by atoms with Crippen molar-refractivity contribution in [1.29, 1.82) is 0 Å². The maximum atomic E-state index is 13.8. The van der Waals surface area contributed by atoms with Crippen molar-refractivity contribution in [1.82, 2.24) is 4.57 Å². The first-order valence-corrected chi connectivity index (χ1v) is 11.4. The number of carbonyl (C=O) groups is 1. The Morgan fingerprint density at radius 1 is 1.10 bits per heavy atom. The molecule has 0 aliphatic heterocycles. The Balaban J connectivity index is 1.87. The highest BCUT2D eigenvalue weighted by atomic mass is 32.2. The molecule has 0 saturated carbocycles. The highest BCUT2D eigenvalue weighted by molar-refractivity contribution is 7.92. The summed E-state index contributed by atoms with van der Waals surface area (Å²) in [6.45, 7) is 5.28. The predicted octanol–water partition coefficient (Wildman–Crippen LogP) is 4.54. The lowest BCUT2D eigenvalue weighted by atomic mass is 10.2. The Labute approximate surface area is 181 Å². The lowest BCUT2D eigenvalue weighted by Gasteiger charge is -2.21. The van der Waals surface area contributed by atoms with Crippen LogP contribution in [0, 0.1) is 5.82 Å². The van der Waals surface area contributed by atoms with Gasteiger partial charge in [-0.05, 0) is 69.3 Å². The summed E-state index contributed by atoms with van der Waals surface area (Å²) >= 11 is 0. The SMILES string of the molecule is CN(c1ccc(OCc2cc3ccc(F)cc3n2C(=O)OC(C)(C)C)cc1)S(C)(=O)=O. The number of carbonyl (C=O) groups excluding carboxylic acids is 1. The molecule has 0 bridgehead atoms. The quantitative estimate of drug-likeness (QED) is 0.573. The first-order valence-electron chi connectivity index (χ1n) is 9.55. The van der Waals surface area contributed by atoms with Crippen molar-refractivity contribution in [2.75, 3.05) is 17.6 Å². The standard InChI is InChI=1S/C22H25FN2O5S/c1-22(2,3)30-21(26)25-18(12-15-6-7-16(23)13-20(15)25)14-29-19-10-8-17(9-11-19)24(4)31(5,27)28/h6-13H,14H2,1-5H3. The second kappa shape index (κ2) is 8.22. The molecule has 0 fully saturated rings. The second-order valence-corrected chi connectivity index (χ2v) is 10.2. The van der Waals surface area contributed by atoms with E-state index < -0.39 is 27.5 Å². The van der Waals surface area contributed by atoms with Gasteiger partial charge in [0.25, 0.3) is 0 Å². The second-order valence-electron chi connectivity index (χ2n) is 8.17. The monoisotopic (exact) mass is 448 g/mol. The van der Waals surface area contributed by atoms with Crippen molar-refractivity contribution in [2.24, 2.45) is 0 Å². The van der Waals surface area contributed by atoms with E-state index in [1.165, 1.54) is 23.7 Å². The molecule has 1 heterocycles. The molecule has 0 spiro atoms. The van der Waals surface area contributed by atoms with Gasteiger partial charge in [-0.2, -0.15) is 0 Å². The first-order chi connectivity index (χ1) is 14.3. The number of anilines is 1. The van der Waals surface area contributed by atoms with Crippen LogP contribution in [0.1, 0.15) is 26.5 Å². The third-order valence-electron chi connectivity index (χ3n) is 4.50. The summed E-state index contributed by atoms with van der Waals surface area (Å²) in [5.74, 6) is 0.0197. The van der Waals surface area contributed by atoms with Gasteiger partial charge in [0.05, 0.1) is 23.2 Å². The van der Waals surface area contributed by atoms with Gasteiger partial charge in [0.1, 0.15) is 23.8 Å². The lowest BCUT2D eigenvalue weighted by molar-refractivity contribution is 0.0535. The molecule has 0 aliphatic rings. The van der Waals surface area contributed by atoms with Crippen molar-refractivity contribution in [3.8, 4) is 5.75 Å². The van der Waals surface area contributed by atoms with E-state index in [2.05, 4.69) is 0 Å². The summed E-state index contributed by atoms with van der Waals surface area (Å²) < 4.78 is 50.9.